The Morgan fingerprint density at radius 2 is 2.08 bits per heavy atom. The molecule has 0 spiro atoms. The van der Waals surface area contributed by atoms with Crippen LogP contribution in [0.3, 0.4) is 0 Å². The van der Waals surface area contributed by atoms with Crippen molar-refractivity contribution in [3.05, 3.63) is 44.5 Å². The van der Waals surface area contributed by atoms with Crippen LogP contribution in [0.25, 0.3) is 0 Å². The lowest BCUT2D eigenvalue weighted by molar-refractivity contribution is 0.621. The Kier molecular flexibility index (Phi) is 2.67. The van der Waals surface area contributed by atoms with Gasteiger partial charge >= 0.3 is 0 Å². The molecule has 0 radical (unpaired) electrons. The summed E-state index contributed by atoms with van der Waals surface area (Å²) in [5.41, 5.74) is 0. The van der Waals surface area contributed by atoms with Crippen molar-refractivity contribution in [1.29, 1.82) is 0 Å². The highest BCUT2D eigenvalue weighted by molar-refractivity contribution is 7.12. The van der Waals surface area contributed by atoms with E-state index in [1.807, 2.05) is 17.5 Å². The van der Waals surface area contributed by atoms with Crippen LogP contribution in [0.5, 0.6) is 0 Å². The highest BCUT2D eigenvalue weighted by atomic mass is 35.5. The molecule has 2 rings (SSSR count). The lowest BCUT2D eigenvalue weighted by Crippen LogP contribution is -1.88. The molecule has 0 saturated carbocycles. The number of halogens is 2. The molecule has 0 nitrogen and oxygen atoms in total. The molecule has 2 aromatic heterocycles. The first-order valence-corrected chi connectivity index (χ1v) is 5.89. The van der Waals surface area contributed by atoms with E-state index < -0.39 is 0 Å². The van der Waals surface area contributed by atoms with Crippen LogP contribution in [-0.2, 0) is 0 Å². The van der Waals surface area contributed by atoms with Crippen molar-refractivity contribution in [1.82, 2.24) is 0 Å². The van der Waals surface area contributed by atoms with Gasteiger partial charge in [-0.15, -0.1) is 34.3 Å². The molecule has 0 saturated heterocycles. The zero-order chi connectivity index (χ0) is 9.26. The average molecular weight is 233 g/mol. The fraction of sp³-hybridized carbons (Fsp3) is 0.111. The van der Waals surface area contributed by atoms with E-state index >= 15 is 0 Å². The molecule has 0 aromatic carbocycles. The van der Waals surface area contributed by atoms with Crippen molar-refractivity contribution in [2.45, 2.75) is 5.38 Å². The summed E-state index contributed by atoms with van der Waals surface area (Å²) in [6, 6.07) is 5.28. The van der Waals surface area contributed by atoms with Gasteiger partial charge in [0, 0.05) is 4.88 Å². The van der Waals surface area contributed by atoms with Crippen LogP contribution in [-0.4, -0.2) is 0 Å². The topological polar surface area (TPSA) is 0 Å². The molecule has 0 N–H and O–H groups in total. The summed E-state index contributed by atoms with van der Waals surface area (Å²) in [4.78, 5) is 1.59. The predicted octanol–water partition coefficient (Wildman–Crippen LogP) is 4.28. The molecule has 0 fully saturated rings. The number of rotatable bonds is 2. The maximum absolute atomic E-state index is 13.1. The fourth-order valence-corrected chi connectivity index (χ4v) is 3.08. The number of thiophene rings is 2. The molecule has 0 amide bonds. The van der Waals surface area contributed by atoms with Gasteiger partial charge in [0.05, 0.1) is 4.88 Å². The minimum atomic E-state index is -0.333. The van der Waals surface area contributed by atoms with Gasteiger partial charge in [-0.3, -0.25) is 0 Å². The standard InChI is InChI=1S/C9H6ClFS2/c10-8(7-2-1-4-12-7)9-6(11)3-5-13-9/h1-5,8H. The smallest absolute Gasteiger partial charge is 0.138 e. The highest BCUT2D eigenvalue weighted by Crippen LogP contribution is 2.36. The van der Waals surface area contributed by atoms with Gasteiger partial charge in [-0.1, -0.05) is 6.07 Å². The van der Waals surface area contributed by atoms with Gasteiger partial charge in [-0.2, -0.15) is 0 Å². The Bertz CT molecular complexity index is 380. The lowest BCUT2D eigenvalue weighted by atomic mass is 10.3. The molecule has 13 heavy (non-hydrogen) atoms. The molecule has 0 aliphatic rings. The van der Waals surface area contributed by atoms with E-state index in [0.29, 0.717) is 4.88 Å². The Morgan fingerprint density at radius 3 is 2.62 bits per heavy atom. The van der Waals surface area contributed by atoms with Gasteiger partial charge < -0.3 is 0 Å². The van der Waals surface area contributed by atoms with Crippen molar-refractivity contribution < 1.29 is 4.39 Å². The summed E-state index contributed by atoms with van der Waals surface area (Å²) < 4.78 is 13.1. The normalized spacial score (nSPS) is 13.1. The monoisotopic (exact) mass is 232 g/mol. The largest absolute Gasteiger partial charge is 0.206 e. The van der Waals surface area contributed by atoms with E-state index in [2.05, 4.69) is 0 Å². The van der Waals surface area contributed by atoms with Crippen molar-refractivity contribution in [2.24, 2.45) is 0 Å². The van der Waals surface area contributed by atoms with E-state index in [0.717, 1.165) is 4.88 Å². The van der Waals surface area contributed by atoms with Crippen LogP contribution in [0.15, 0.2) is 29.0 Å². The van der Waals surface area contributed by atoms with Crippen molar-refractivity contribution in [3.63, 3.8) is 0 Å². The Hall–Kier alpha value is -0.380. The lowest BCUT2D eigenvalue weighted by Gasteiger charge is -2.03. The van der Waals surface area contributed by atoms with Gasteiger partial charge in [0.15, 0.2) is 0 Å². The quantitative estimate of drug-likeness (QED) is 0.678. The first kappa shape index (κ1) is 9.19. The molecule has 0 bridgehead atoms. The number of alkyl halides is 1. The third kappa shape index (κ3) is 1.77. The minimum absolute atomic E-state index is 0.210. The summed E-state index contributed by atoms with van der Waals surface area (Å²) in [6.45, 7) is 0. The summed E-state index contributed by atoms with van der Waals surface area (Å²) in [5, 5.41) is 3.32. The molecule has 1 unspecified atom stereocenters. The van der Waals surface area contributed by atoms with Crippen LogP contribution in [0, 0.1) is 5.82 Å². The van der Waals surface area contributed by atoms with Crippen LogP contribution in [0.2, 0.25) is 0 Å². The molecular weight excluding hydrogens is 227 g/mol. The predicted molar refractivity (Wildman–Crippen MR) is 56.3 cm³/mol. The number of hydrogen-bond donors (Lipinski definition) is 0. The van der Waals surface area contributed by atoms with E-state index in [1.54, 1.807) is 16.7 Å². The minimum Gasteiger partial charge on any atom is -0.206 e. The summed E-state index contributed by atoms with van der Waals surface area (Å²) in [7, 11) is 0. The van der Waals surface area contributed by atoms with Crippen LogP contribution in [0.1, 0.15) is 15.1 Å². The molecule has 68 valence electrons. The Morgan fingerprint density at radius 1 is 1.23 bits per heavy atom. The molecule has 0 aliphatic heterocycles. The maximum atomic E-state index is 13.1. The first-order valence-electron chi connectivity index (χ1n) is 3.69. The van der Waals surface area contributed by atoms with Gasteiger partial charge in [0.2, 0.25) is 0 Å². The molecule has 4 heteroatoms. The van der Waals surface area contributed by atoms with Crippen molar-refractivity contribution in [2.75, 3.05) is 0 Å². The third-order valence-corrected chi connectivity index (χ3v) is 4.27. The second-order valence-electron chi connectivity index (χ2n) is 2.51. The van der Waals surface area contributed by atoms with E-state index in [9.17, 15) is 4.39 Å². The molecular formula is C9H6ClFS2. The Labute approximate surface area is 88.6 Å². The number of hydrogen-bond acceptors (Lipinski definition) is 2. The first-order chi connectivity index (χ1) is 6.29. The Balaban J connectivity index is 2.33. The molecule has 0 aliphatic carbocycles. The van der Waals surface area contributed by atoms with Gasteiger partial charge in [-0.05, 0) is 22.9 Å². The van der Waals surface area contributed by atoms with Gasteiger partial charge in [-0.25, -0.2) is 4.39 Å². The van der Waals surface area contributed by atoms with E-state index in [1.165, 1.54) is 17.4 Å². The van der Waals surface area contributed by atoms with Crippen LogP contribution in [0.4, 0.5) is 4.39 Å². The zero-order valence-corrected chi connectivity index (χ0v) is 8.93. The van der Waals surface area contributed by atoms with Crippen molar-refractivity contribution >= 4 is 34.3 Å². The average Bonchev–Trinajstić information content (AvgIpc) is 2.72. The SMILES string of the molecule is Fc1ccsc1C(Cl)c1cccs1. The summed E-state index contributed by atoms with van der Waals surface area (Å²) >= 11 is 9.00. The van der Waals surface area contributed by atoms with Gasteiger partial charge in [0.25, 0.3) is 0 Å². The van der Waals surface area contributed by atoms with E-state index in [-0.39, 0.29) is 11.2 Å². The van der Waals surface area contributed by atoms with E-state index in [4.69, 9.17) is 11.6 Å². The second-order valence-corrected chi connectivity index (χ2v) is 4.87. The van der Waals surface area contributed by atoms with Crippen LogP contribution < -0.4 is 0 Å². The highest BCUT2D eigenvalue weighted by Gasteiger charge is 2.16. The molecule has 1 atom stereocenters. The second kappa shape index (κ2) is 3.78. The summed E-state index contributed by atoms with van der Waals surface area (Å²) in [6.07, 6.45) is 0. The zero-order valence-electron chi connectivity index (χ0n) is 6.54. The third-order valence-electron chi connectivity index (χ3n) is 1.67. The molecule has 2 aromatic rings. The maximum Gasteiger partial charge on any atom is 0.138 e. The van der Waals surface area contributed by atoms with Gasteiger partial charge in [0.1, 0.15) is 11.2 Å². The van der Waals surface area contributed by atoms with Crippen molar-refractivity contribution in [3.8, 4) is 0 Å². The van der Waals surface area contributed by atoms with Crippen LogP contribution >= 0.6 is 34.3 Å². The molecule has 2 heterocycles. The fourth-order valence-electron chi connectivity index (χ4n) is 1.05. The summed E-state index contributed by atoms with van der Waals surface area (Å²) in [5.74, 6) is -0.210.